The van der Waals surface area contributed by atoms with Gasteiger partial charge in [0.25, 0.3) is 0 Å². The van der Waals surface area contributed by atoms with Gasteiger partial charge in [0.2, 0.25) is 0 Å². The molecular formula is C4H10O6. The predicted octanol–water partition coefficient (Wildman–Crippen LogP) is -1.17. The first-order chi connectivity index (χ1) is 4.66. The molecule has 62 valence electrons. The molecule has 0 heterocycles. The Balaban J connectivity index is 0. The van der Waals surface area contributed by atoms with Gasteiger partial charge in [-0.1, -0.05) is 0 Å². The van der Waals surface area contributed by atoms with E-state index in [1.165, 1.54) is 0 Å². The van der Waals surface area contributed by atoms with Crippen LogP contribution in [-0.2, 0) is 4.79 Å². The normalized spacial score (nSPS) is 11.2. The topological polar surface area (TPSA) is 118 Å². The molecule has 0 aromatic carbocycles. The van der Waals surface area contributed by atoms with E-state index < -0.39 is 25.1 Å². The first kappa shape index (κ1) is 12.0. The lowest BCUT2D eigenvalue weighted by Crippen LogP contribution is -2.16. The van der Waals surface area contributed by atoms with E-state index in [1.807, 2.05) is 0 Å². The Morgan fingerprint density at radius 1 is 1.40 bits per heavy atom. The van der Waals surface area contributed by atoms with Gasteiger partial charge >= 0.3 is 5.97 Å². The second-order valence-corrected chi connectivity index (χ2v) is 1.43. The van der Waals surface area contributed by atoms with Gasteiger partial charge in [-0.3, -0.25) is 15.3 Å². The van der Waals surface area contributed by atoms with E-state index in [1.54, 1.807) is 0 Å². The van der Waals surface area contributed by atoms with Crippen LogP contribution in [0.5, 0.6) is 0 Å². The number of aliphatic hydroxyl groups is 2. The number of aliphatic carboxylic acids is 1. The van der Waals surface area contributed by atoms with Crippen LogP contribution in [0.1, 0.15) is 6.42 Å². The van der Waals surface area contributed by atoms with Gasteiger partial charge in [0.05, 0.1) is 19.1 Å². The molecule has 0 radical (unpaired) electrons. The predicted molar refractivity (Wildman–Crippen MR) is 30.6 cm³/mol. The third kappa shape index (κ3) is 10.3. The highest BCUT2D eigenvalue weighted by atomic mass is 17.0. The minimum Gasteiger partial charge on any atom is -0.481 e. The number of hydrogen-bond acceptors (Lipinski definition) is 5. The maximum Gasteiger partial charge on any atom is 0.306 e. The number of rotatable bonds is 3. The van der Waals surface area contributed by atoms with Crippen LogP contribution in [0, 0.1) is 0 Å². The number of aliphatic hydroxyl groups excluding tert-OH is 2. The number of carbonyl (C=O) groups is 1. The molecule has 0 aliphatic heterocycles. The van der Waals surface area contributed by atoms with Crippen LogP contribution in [0.4, 0.5) is 0 Å². The second kappa shape index (κ2) is 8.31. The lowest BCUT2D eigenvalue weighted by Gasteiger charge is -1.99. The zero-order valence-electron chi connectivity index (χ0n) is 5.14. The van der Waals surface area contributed by atoms with Crippen molar-refractivity contribution in [3.8, 4) is 0 Å². The van der Waals surface area contributed by atoms with E-state index in [4.69, 9.17) is 25.8 Å². The fourth-order valence-corrected chi connectivity index (χ4v) is 0.266. The maximum atomic E-state index is 9.70. The molecule has 6 heteroatoms. The Kier molecular flexibility index (Phi) is 10.00. The minimum atomic E-state index is -1.12. The molecule has 0 saturated carbocycles. The van der Waals surface area contributed by atoms with Gasteiger partial charge in [0, 0.05) is 0 Å². The third-order valence-electron chi connectivity index (χ3n) is 0.621. The van der Waals surface area contributed by atoms with Gasteiger partial charge in [-0.2, -0.15) is 0 Å². The number of hydrogen-bond donors (Lipinski definition) is 5. The highest BCUT2D eigenvalue weighted by Crippen LogP contribution is 1.87. The fourth-order valence-electron chi connectivity index (χ4n) is 0.266. The summed E-state index contributed by atoms with van der Waals surface area (Å²) in [5, 5.41) is 36.4. The summed E-state index contributed by atoms with van der Waals surface area (Å²) in [6.07, 6.45) is -1.51. The summed E-state index contributed by atoms with van der Waals surface area (Å²) in [5.41, 5.74) is 0. The van der Waals surface area contributed by atoms with Crippen molar-refractivity contribution in [1.29, 1.82) is 0 Å². The molecular weight excluding hydrogens is 144 g/mol. The largest absolute Gasteiger partial charge is 0.481 e. The van der Waals surface area contributed by atoms with E-state index in [0.29, 0.717) is 0 Å². The highest BCUT2D eigenvalue weighted by molar-refractivity contribution is 5.67. The average molecular weight is 154 g/mol. The molecule has 0 aromatic heterocycles. The Labute approximate surface area is 56.9 Å². The quantitative estimate of drug-likeness (QED) is 0.258. The smallest absolute Gasteiger partial charge is 0.306 e. The van der Waals surface area contributed by atoms with E-state index in [9.17, 15) is 4.79 Å². The summed E-state index contributed by atoms with van der Waals surface area (Å²) in [4.78, 5) is 9.70. The van der Waals surface area contributed by atoms with E-state index in [-0.39, 0.29) is 0 Å². The molecule has 0 aliphatic carbocycles. The molecule has 0 amide bonds. The summed E-state index contributed by atoms with van der Waals surface area (Å²) in [6.45, 7) is -0.494. The molecule has 0 unspecified atom stereocenters. The van der Waals surface area contributed by atoms with Gasteiger partial charge in [-0.05, 0) is 0 Å². The molecule has 0 bridgehead atoms. The average Bonchev–Trinajstić information content (AvgIpc) is 1.91. The summed E-state index contributed by atoms with van der Waals surface area (Å²) in [6, 6.07) is 0. The first-order valence-corrected chi connectivity index (χ1v) is 2.37. The van der Waals surface area contributed by atoms with Gasteiger partial charge in [-0.15, -0.1) is 0 Å². The molecule has 6 nitrogen and oxygen atoms in total. The number of carboxylic acid groups (broad SMARTS) is 1. The Bertz CT molecular complexity index is 81.8. The molecule has 5 N–H and O–H groups in total. The van der Waals surface area contributed by atoms with Crippen LogP contribution in [0.25, 0.3) is 0 Å². The lowest BCUT2D eigenvalue weighted by molar-refractivity contribution is -0.176. The van der Waals surface area contributed by atoms with Crippen LogP contribution >= 0.6 is 0 Å². The van der Waals surface area contributed by atoms with Crippen LogP contribution in [0.15, 0.2) is 0 Å². The zero-order valence-corrected chi connectivity index (χ0v) is 5.14. The minimum absolute atomic E-state index is 0.392. The summed E-state index contributed by atoms with van der Waals surface area (Å²) < 4.78 is 0. The van der Waals surface area contributed by atoms with Crippen molar-refractivity contribution in [3.05, 3.63) is 0 Å². The van der Waals surface area contributed by atoms with Crippen molar-refractivity contribution < 1.29 is 30.6 Å². The lowest BCUT2D eigenvalue weighted by atomic mass is 10.3. The number of carboxylic acids is 1. The second-order valence-electron chi connectivity index (χ2n) is 1.43. The van der Waals surface area contributed by atoms with Crippen LogP contribution in [-0.4, -0.2) is 44.5 Å². The molecule has 10 heavy (non-hydrogen) atoms. The van der Waals surface area contributed by atoms with Crippen LogP contribution in [0.3, 0.4) is 0 Å². The molecule has 0 rings (SSSR count). The molecule has 0 spiro atoms. The van der Waals surface area contributed by atoms with Crippen molar-refractivity contribution in [2.45, 2.75) is 12.5 Å². The summed E-state index contributed by atoms with van der Waals surface area (Å²) in [7, 11) is 0. The molecule has 1 atom stereocenters. The van der Waals surface area contributed by atoms with Crippen molar-refractivity contribution in [2.75, 3.05) is 6.61 Å². The van der Waals surface area contributed by atoms with E-state index >= 15 is 0 Å². The van der Waals surface area contributed by atoms with E-state index in [0.717, 1.165) is 0 Å². The van der Waals surface area contributed by atoms with Crippen molar-refractivity contribution >= 4 is 5.97 Å². The third-order valence-corrected chi connectivity index (χ3v) is 0.621. The van der Waals surface area contributed by atoms with Gasteiger partial charge in [-0.25, -0.2) is 0 Å². The van der Waals surface area contributed by atoms with E-state index in [2.05, 4.69) is 0 Å². The molecule has 0 fully saturated rings. The fraction of sp³-hybridized carbons (Fsp3) is 0.750. The van der Waals surface area contributed by atoms with Crippen molar-refractivity contribution in [1.82, 2.24) is 0 Å². The Morgan fingerprint density at radius 2 is 1.80 bits per heavy atom. The van der Waals surface area contributed by atoms with Crippen molar-refractivity contribution in [3.63, 3.8) is 0 Å². The first-order valence-electron chi connectivity index (χ1n) is 2.37. The monoisotopic (exact) mass is 154 g/mol. The summed E-state index contributed by atoms with van der Waals surface area (Å²) >= 11 is 0. The Hall–Kier alpha value is -0.690. The van der Waals surface area contributed by atoms with Gasteiger partial charge in [0.1, 0.15) is 0 Å². The van der Waals surface area contributed by atoms with Gasteiger partial charge in [0.15, 0.2) is 0 Å². The maximum absolute atomic E-state index is 9.70. The van der Waals surface area contributed by atoms with Gasteiger partial charge < -0.3 is 15.3 Å². The van der Waals surface area contributed by atoms with Crippen LogP contribution < -0.4 is 0 Å². The molecule has 0 saturated heterocycles. The highest BCUT2D eigenvalue weighted by Gasteiger charge is 2.05. The standard InChI is InChI=1S/C4H8O4.H2O2/c5-2-3(6)1-4(7)8;1-2/h3,5-6H,1-2H2,(H,7,8);1-2H/t3-;/m0./s1. The Morgan fingerprint density at radius 3 is 1.90 bits per heavy atom. The molecule has 0 aromatic rings. The SMILES string of the molecule is O=C(O)C[C@H](O)CO.OO. The van der Waals surface area contributed by atoms with Crippen molar-refractivity contribution in [2.24, 2.45) is 0 Å². The zero-order chi connectivity index (χ0) is 8.57. The van der Waals surface area contributed by atoms with Crippen LogP contribution in [0.2, 0.25) is 0 Å². The summed E-state index contributed by atoms with van der Waals surface area (Å²) in [5.74, 6) is -1.11. The molecule has 0 aliphatic rings.